The molecule has 20 heavy (non-hydrogen) atoms. The highest BCUT2D eigenvalue weighted by Crippen LogP contribution is 2.33. The lowest BCUT2D eigenvalue weighted by atomic mass is 10.1. The lowest BCUT2D eigenvalue weighted by Gasteiger charge is -2.10. The quantitative estimate of drug-likeness (QED) is 0.677. The summed E-state index contributed by atoms with van der Waals surface area (Å²) in [5, 5.41) is 0.612. The number of nitrogens with two attached hydrogens (primary N) is 1. The number of nitrogen functional groups attached to an aromatic ring is 1. The van der Waals surface area contributed by atoms with Crippen LogP contribution < -0.4 is 10.5 Å². The Labute approximate surface area is 128 Å². The summed E-state index contributed by atoms with van der Waals surface area (Å²) >= 11 is 7.78. The van der Waals surface area contributed by atoms with Crippen LogP contribution >= 0.6 is 23.4 Å². The highest BCUT2D eigenvalue weighted by atomic mass is 35.5. The molecule has 0 bridgehead atoms. The molecule has 2 nitrogen and oxygen atoms in total. The fraction of sp³-hybridized carbons (Fsp3) is 0.250. The van der Waals surface area contributed by atoms with Gasteiger partial charge < -0.3 is 10.5 Å². The molecule has 104 valence electrons. The minimum Gasteiger partial charge on any atom is -0.489 e. The monoisotopic (exact) mass is 305 g/mol. The minimum atomic E-state index is 0.230. The van der Waals surface area contributed by atoms with Gasteiger partial charge in [-0.1, -0.05) is 29.3 Å². The van der Waals surface area contributed by atoms with Crippen LogP contribution in [0.1, 0.15) is 11.1 Å². The second-order valence-electron chi connectivity index (χ2n) is 5.05. The van der Waals surface area contributed by atoms with Gasteiger partial charge in [-0.2, -0.15) is 0 Å². The maximum absolute atomic E-state index is 6.03. The molecule has 4 heteroatoms. The van der Waals surface area contributed by atoms with Crippen molar-refractivity contribution in [3.05, 3.63) is 52.5 Å². The van der Waals surface area contributed by atoms with Crippen LogP contribution in [0.25, 0.3) is 0 Å². The summed E-state index contributed by atoms with van der Waals surface area (Å²) in [4.78, 5) is 1.12. The summed E-state index contributed by atoms with van der Waals surface area (Å²) in [6.07, 6.45) is 1.21. The van der Waals surface area contributed by atoms with Crippen LogP contribution in [0.15, 0.2) is 41.3 Å². The number of fused-ring (bicyclic) bond motifs is 1. The van der Waals surface area contributed by atoms with E-state index in [1.54, 1.807) is 11.8 Å². The maximum Gasteiger partial charge on any atom is 0.123 e. The van der Waals surface area contributed by atoms with Crippen molar-refractivity contribution in [3.8, 4) is 5.75 Å². The van der Waals surface area contributed by atoms with E-state index in [9.17, 15) is 0 Å². The van der Waals surface area contributed by atoms with E-state index < -0.39 is 0 Å². The zero-order valence-corrected chi connectivity index (χ0v) is 12.8. The Balaban J connectivity index is 1.62. The van der Waals surface area contributed by atoms with Gasteiger partial charge in [0, 0.05) is 17.1 Å². The number of ether oxygens (including phenoxy) is 1. The molecule has 2 aromatic carbocycles. The van der Waals surface area contributed by atoms with Gasteiger partial charge >= 0.3 is 0 Å². The van der Waals surface area contributed by atoms with E-state index in [-0.39, 0.29) is 6.10 Å². The third-order valence-corrected chi connectivity index (χ3v) is 4.82. The second-order valence-corrected chi connectivity index (χ2v) is 6.55. The van der Waals surface area contributed by atoms with E-state index in [2.05, 4.69) is 25.1 Å². The number of thioether (sulfide) groups is 1. The Hall–Kier alpha value is -1.32. The molecule has 1 unspecified atom stereocenters. The number of halogens is 1. The molecule has 1 atom stereocenters. The molecule has 1 aliphatic heterocycles. The predicted octanol–water partition coefficient (Wildman–Crippen LogP) is 4.33. The molecule has 0 fully saturated rings. The van der Waals surface area contributed by atoms with Crippen molar-refractivity contribution in [2.24, 2.45) is 0 Å². The van der Waals surface area contributed by atoms with Gasteiger partial charge in [0.25, 0.3) is 0 Å². The van der Waals surface area contributed by atoms with Gasteiger partial charge in [0.2, 0.25) is 0 Å². The first kappa shape index (κ1) is 13.7. The molecule has 2 aromatic rings. The number of rotatable bonds is 3. The minimum absolute atomic E-state index is 0.230. The lowest BCUT2D eigenvalue weighted by Crippen LogP contribution is -2.15. The van der Waals surface area contributed by atoms with Crippen LogP contribution in [0.4, 0.5) is 5.69 Å². The van der Waals surface area contributed by atoms with Crippen molar-refractivity contribution in [2.75, 3.05) is 11.5 Å². The first-order valence-corrected chi connectivity index (χ1v) is 7.92. The first-order valence-electron chi connectivity index (χ1n) is 6.56. The fourth-order valence-electron chi connectivity index (χ4n) is 2.33. The number of benzene rings is 2. The van der Waals surface area contributed by atoms with E-state index in [0.717, 1.165) is 22.8 Å². The Morgan fingerprint density at radius 2 is 2.15 bits per heavy atom. The summed E-state index contributed by atoms with van der Waals surface area (Å²) in [6.45, 7) is 2.11. The second kappa shape index (κ2) is 5.58. The summed E-state index contributed by atoms with van der Waals surface area (Å²) in [6, 6.07) is 12.1. The molecule has 0 radical (unpaired) electrons. The molecular formula is C16H16ClNOS. The van der Waals surface area contributed by atoms with E-state index in [1.165, 1.54) is 11.1 Å². The van der Waals surface area contributed by atoms with Crippen molar-refractivity contribution >= 4 is 29.1 Å². The van der Waals surface area contributed by atoms with Gasteiger partial charge in [0.05, 0.1) is 10.7 Å². The number of hydrogen-bond donors (Lipinski definition) is 1. The standard InChI is InChI=1S/C16H16ClNOS/c1-10-2-5-16-11(6-10)7-12(19-16)9-20-13-3-4-15(18)14(17)8-13/h2-6,8,12H,7,9,18H2,1H3. The molecule has 0 saturated carbocycles. The van der Waals surface area contributed by atoms with Crippen molar-refractivity contribution in [3.63, 3.8) is 0 Å². The number of anilines is 1. The van der Waals surface area contributed by atoms with Crippen LogP contribution in [0.5, 0.6) is 5.75 Å². The molecule has 0 amide bonds. The maximum atomic E-state index is 6.03. The van der Waals surface area contributed by atoms with Crippen molar-refractivity contribution in [1.82, 2.24) is 0 Å². The van der Waals surface area contributed by atoms with Crippen molar-refractivity contribution in [1.29, 1.82) is 0 Å². The zero-order valence-electron chi connectivity index (χ0n) is 11.2. The van der Waals surface area contributed by atoms with Gasteiger partial charge in [-0.3, -0.25) is 0 Å². The number of hydrogen-bond acceptors (Lipinski definition) is 3. The molecule has 3 rings (SSSR count). The molecule has 0 aliphatic carbocycles. The highest BCUT2D eigenvalue weighted by Gasteiger charge is 2.22. The largest absolute Gasteiger partial charge is 0.489 e. The zero-order chi connectivity index (χ0) is 14.1. The third kappa shape index (κ3) is 2.89. The van der Waals surface area contributed by atoms with E-state index in [1.807, 2.05) is 18.2 Å². The Bertz CT molecular complexity index is 644. The van der Waals surface area contributed by atoms with Crippen LogP contribution in [0.2, 0.25) is 5.02 Å². The Morgan fingerprint density at radius 1 is 1.30 bits per heavy atom. The molecule has 0 spiro atoms. The average Bonchev–Trinajstić information content (AvgIpc) is 2.82. The van der Waals surface area contributed by atoms with Gasteiger partial charge in [0.15, 0.2) is 0 Å². The molecule has 1 heterocycles. The van der Waals surface area contributed by atoms with Crippen molar-refractivity contribution < 1.29 is 4.74 Å². The van der Waals surface area contributed by atoms with Gasteiger partial charge in [0.1, 0.15) is 11.9 Å². The lowest BCUT2D eigenvalue weighted by molar-refractivity contribution is 0.259. The summed E-state index contributed by atoms with van der Waals surface area (Å²) in [5.74, 6) is 1.94. The Morgan fingerprint density at radius 3 is 2.95 bits per heavy atom. The van der Waals surface area contributed by atoms with Crippen LogP contribution in [-0.4, -0.2) is 11.9 Å². The molecule has 1 aliphatic rings. The van der Waals surface area contributed by atoms with Crippen LogP contribution in [-0.2, 0) is 6.42 Å². The normalized spacial score (nSPS) is 16.8. The predicted molar refractivity (Wildman–Crippen MR) is 85.9 cm³/mol. The molecule has 0 aromatic heterocycles. The van der Waals surface area contributed by atoms with Crippen LogP contribution in [0.3, 0.4) is 0 Å². The van der Waals surface area contributed by atoms with E-state index >= 15 is 0 Å². The topological polar surface area (TPSA) is 35.2 Å². The van der Waals surface area contributed by atoms with Crippen molar-refractivity contribution in [2.45, 2.75) is 24.3 Å². The van der Waals surface area contributed by atoms with Gasteiger partial charge in [-0.05, 0) is 36.8 Å². The van der Waals surface area contributed by atoms with Gasteiger partial charge in [-0.25, -0.2) is 0 Å². The van der Waals surface area contributed by atoms with E-state index in [4.69, 9.17) is 22.1 Å². The summed E-state index contributed by atoms with van der Waals surface area (Å²) in [7, 11) is 0. The summed E-state index contributed by atoms with van der Waals surface area (Å²) < 4.78 is 5.96. The highest BCUT2D eigenvalue weighted by molar-refractivity contribution is 7.99. The molecule has 0 saturated heterocycles. The van der Waals surface area contributed by atoms with Gasteiger partial charge in [-0.15, -0.1) is 11.8 Å². The Kier molecular flexibility index (Phi) is 3.81. The van der Waals surface area contributed by atoms with Crippen LogP contribution in [0, 0.1) is 6.92 Å². The third-order valence-electron chi connectivity index (χ3n) is 3.37. The fourth-order valence-corrected chi connectivity index (χ4v) is 3.50. The molecule has 2 N–H and O–H groups in total. The number of aryl methyl sites for hydroxylation is 1. The molecular weight excluding hydrogens is 290 g/mol. The smallest absolute Gasteiger partial charge is 0.123 e. The van der Waals surface area contributed by atoms with E-state index in [0.29, 0.717) is 10.7 Å². The summed E-state index contributed by atoms with van der Waals surface area (Å²) in [5.41, 5.74) is 8.93. The first-order chi connectivity index (χ1) is 9.61. The SMILES string of the molecule is Cc1ccc2c(c1)CC(CSc1ccc(N)c(Cl)c1)O2. The average molecular weight is 306 g/mol.